The van der Waals surface area contributed by atoms with Crippen molar-refractivity contribution < 1.29 is 19.0 Å². The molecule has 0 spiro atoms. The molecule has 0 aliphatic rings. The third kappa shape index (κ3) is 5.90. The van der Waals surface area contributed by atoms with Crippen LogP contribution < -0.4 is 19.5 Å². The van der Waals surface area contributed by atoms with Crippen LogP contribution in [-0.4, -0.2) is 25.2 Å². The number of nitrogens with one attached hydrogen (secondary N) is 1. The van der Waals surface area contributed by atoms with E-state index in [9.17, 15) is 10.1 Å². The summed E-state index contributed by atoms with van der Waals surface area (Å²) in [5.41, 5.74) is 1.28. The molecule has 2 atom stereocenters. The molecule has 1 N–H and O–H groups in total. The molecule has 6 heteroatoms. The fraction of sp³-hybridized carbons (Fsp3) is 0.417. The van der Waals surface area contributed by atoms with Crippen molar-refractivity contribution >= 4 is 5.91 Å². The van der Waals surface area contributed by atoms with Crippen molar-refractivity contribution in [2.45, 2.75) is 52.9 Å². The molecule has 0 aliphatic heterocycles. The predicted octanol–water partition coefficient (Wildman–Crippen LogP) is 4.63. The number of ether oxygens (including phenoxy) is 3. The highest BCUT2D eigenvalue weighted by Gasteiger charge is 2.27. The SMILES string of the molecule is COc1cc(C(C)NC(=O)C(Oc2ccccc2C#N)C(C)C)ccc1OC(C)C. The van der Waals surface area contributed by atoms with Gasteiger partial charge < -0.3 is 19.5 Å². The lowest BCUT2D eigenvalue weighted by Crippen LogP contribution is -2.42. The Hall–Kier alpha value is -3.20. The maximum absolute atomic E-state index is 13.0. The molecule has 0 heterocycles. The van der Waals surface area contributed by atoms with Gasteiger partial charge >= 0.3 is 0 Å². The molecule has 1 amide bonds. The number of benzene rings is 2. The summed E-state index contributed by atoms with van der Waals surface area (Å²) >= 11 is 0. The Morgan fingerprint density at radius 3 is 2.27 bits per heavy atom. The van der Waals surface area contributed by atoms with E-state index >= 15 is 0 Å². The normalized spacial score (nSPS) is 12.8. The molecule has 160 valence electrons. The van der Waals surface area contributed by atoms with Gasteiger partial charge in [0.05, 0.1) is 24.8 Å². The van der Waals surface area contributed by atoms with Crippen LogP contribution in [0.5, 0.6) is 17.2 Å². The van der Waals surface area contributed by atoms with Crippen molar-refractivity contribution in [1.29, 1.82) is 5.26 Å². The van der Waals surface area contributed by atoms with E-state index in [1.54, 1.807) is 31.4 Å². The lowest BCUT2D eigenvalue weighted by atomic mass is 10.0. The highest BCUT2D eigenvalue weighted by Crippen LogP contribution is 2.31. The number of carbonyl (C=O) groups is 1. The molecule has 0 saturated carbocycles. The van der Waals surface area contributed by atoms with Gasteiger partial charge in [-0.2, -0.15) is 5.26 Å². The quantitative estimate of drug-likeness (QED) is 0.652. The summed E-state index contributed by atoms with van der Waals surface area (Å²) in [5.74, 6) is 1.35. The van der Waals surface area contributed by atoms with Crippen LogP contribution in [0.1, 0.15) is 51.8 Å². The summed E-state index contributed by atoms with van der Waals surface area (Å²) in [6, 6.07) is 14.3. The average molecular weight is 411 g/mol. The summed E-state index contributed by atoms with van der Waals surface area (Å²) in [6.07, 6.45) is -0.700. The number of para-hydroxylation sites is 1. The van der Waals surface area contributed by atoms with Crippen LogP contribution in [0.4, 0.5) is 0 Å². The molecule has 2 rings (SSSR count). The fourth-order valence-corrected chi connectivity index (χ4v) is 2.97. The molecule has 0 aromatic heterocycles. The fourth-order valence-electron chi connectivity index (χ4n) is 2.97. The van der Waals surface area contributed by atoms with Crippen LogP contribution in [0.25, 0.3) is 0 Å². The molecule has 2 aromatic carbocycles. The Balaban J connectivity index is 2.16. The van der Waals surface area contributed by atoms with Crippen LogP contribution in [0, 0.1) is 17.2 Å². The number of hydrogen-bond acceptors (Lipinski definition) is 5. The van der Waals surface area contributed by atoms with Crippen LogP contribution in [0.2, 0.25) is 0 Å². The summed E-state index contributed by atoms with van der Waals surface area (Å²) in [6.45, 7) is 9.62. The molecule has 30 heavy (non-hydrogen) atoms. The number of methoxy groups -OCH3 is 1. The highest BCUT2D eigenvalue weighted by atomic mass is 16.5. The Morgan fingerprint density at radius 1 is 0.967 bits per heavy atom. The highest BCUT2D eigenvalue weighted by molar-refractivity contribution is 5.82. The second-order valence-corrected chi connectivity index (χ2v) is 7.70. The van der Waals surface area contributed by atoms with Crippen molar-refractivity contribution in [3.05, 3.63) is 53.6 Å². The van der Waals surface area contributed by atoms with E-state index in [2.05, 4.69) is 11.4 Å². The summed E-state index contributed by atoms with van der Waals surface area (Å²) in [5, 5.41) is 12.3. The Morgan fingerprint density at radius 2 is 1.67 bits per heavy atom. The Bertz CT molecular complexity index is 902. The van der Waals surface area contributed by atoms with E-state index in [0.717, 1.165) is 5.56 Å². The second-order valence-electron chi connectivity index (χ2n) is 7.70. The molecule has 2 unspecified atom stereocenters. The predicted molar refractivity (Wildman–Crippen MR) is 116 cm³/mol. The van der Waals surface area contributed by atoms with Gasteiger partial charge in [0.25, 0.3) is 5.91 Å². The average Bonchev–Trinajstić information content (AvgIpc) is 2.71. The van der Waals surface area contributed by atoms with Gasteiger partial charge in [0.2, 0.25) is 0 Å². The number of carbonyl (C=O) groups excluding carboxylic acids is 1. The number of rotatable bonds is 9. The van der Waals surface area contributed by atoms with Gasteiger partial charge in [0.15, 0.2) is 17.6 Å². The van der Waals surface area contributed by atoms with E-state index in [1.165, 1.54) is 0 Å². The third-order valence-corrected chi connectivity index (χ3v) is 4.53. The zero-order valence-electron chi connectivity index (χ0n) is 18.4. The van der Waals surface area contributed by atoms with Crippen LogP contribution >= 0.6 is 0 Å². The van der Waals surface area contributed by atoms with Gasteiger partial charge in [-0.3, -0.25) is 4.79 Å². The van der Waals surface area contributed by atoms with Gasteiger partial charge in [-0.05, 0) is 56.5 Å². The third-order valence-electron chi connectivity index (χ3n) is 4.53. The molecular weight excluding hydrogens is 380 g/mol. The van der Waals surface area contributed by atoms with Gasteiger partial charge in [0.1, 0.15) is 11.8 Å². The molecule has 2 aromatic rings. The number of amides is 1. The van der Waals surface area contributed by atoms with E-state index in [4.69, 9.17) is 14.2 Å². The van der Waals surface area contributed by atoms with Crippen molar-refractivity contribution in [1.82, 2.24) is 5.32 Å². The maximum atomic E-state index is 13.0. The van der Waals surface area contributed by atoms with E-state index in [-0.39, 0.29) is 24.0 Å². The summed E-state index contributed by atoms with van der Waals surface area (Å²) in [4.78, 5) is 13.0. The zero-order chi connectivity index (χ0) is 22.3. The number of nitrogens with zero attached hydrogens (tertiary/aromatic N) is 1. The van der Waals surface area contributed by atoms with Gasteiger partial charge in [-0.15, -0.1) is 0 Å². The van der Waals surface area contributed by atoms with E-state index in [1.807, 2.05) is 52.8 Å². The molecule has 0 aliphatic carbocycles. The van der Waals surface area contributed by atoms with E-state index < -0.39 is 6.10 Å². The number of hydrogen-bond donors (Lipinski definition) is 1. The molecule has 6 nitrogen and oxygen atoms in total. The smallest absolute Gasteiger partial charge is 0.261 e. The first-order chi connectivity index (χ1) is 14.3. The van der Waals surface area contributed by atoms with Gasteiger partial charge in [-0.25, -0.2) is 0 Å². The Labute approximate surface area is 178 Å². The standard InChI is InChI=1S/C24H30N2O4/c1-15(2)23(30-20-10-8-7-9-19(20)14-25)24(27)26-17(5)18-11-12-21(29-16(3)4)22(13-18)28-6/h7-13,15-17,23H,1-6H3,(H,26,27). The molecule has 0 saturated heterocycles. The number of nitriles is 1. The summed E-state index contributed by atoms with van der Waals surface area (Å²) < 4.78 is 17.1. The molecule has 0 bridgehead atoms. The first-order valence-electron chi connectivity index (χ1n) is 10.1. The first-order valence-corrected chi connectivity index (χ1v) is 10.1. The van der Waals surface area contributed by atoms with Gasteiger partial charge in [-0.1, -0.05) is 32.0 Å². The molecule has 0 radical (unpaired) electrons. The maximum Gasteiger partial charge on any atom is 0.261 e. The zero-order valence-corrected chi connectivity index (χ0v) is 18.4. The van der Waals surface area contributed by atoms with Crippen LogP contribution in [0.3, 0.4) is 0 Å². The van der Waals surface area contributed by atoms with Crippen molar-refractivity contribution in [3.8, 4) is 23.3 Å². The molecular formula is C24H30N2O4. The minimum Gasteiger partial charge on any atom is -0.493 e. The Kier molecular flexibility index (Phi) is 8.11. The van der Waals surface area contributed by atoms with Gasteiger partial charge in [0, 0.05) is 0 Å². The first kappa shape index (κ1) is 23.1. The summed E-state index contributed by atoms with van der Waals surface area (Å²) in [7, 11) is 1.59. The van der Waals surface area contributed by atoms with Crippen LogP contribution in [0.15, 0.2) is 42.5 Å². The van der Waals surface area contributed by atoms with E-state index in [0.29, 0.717) is 22.8 Å². The molecule has 0 fully saturated rings. The van der Waals surface area contributed by atoms with Crippen LogP contribution in [-0.2, 0) is 4.79 Å². The largest absolute Gasteiger partial charge is 0.493 e. The lowest BCUT2D eigenvalue weighted by Gasteiger charge is -2.25. The van der Waals surface area contributed by atoms with Crippen molar-refractivity contribution in [2.24, 2.45) is 5.92 Å². The monoisotopic (exact) mass is 410 g/mol. The minimum absolute atomic E-state index is 0.0297. The topological polar surface area (TPSA) is 80.6 Å². The van der Waals surface area contributed by atoms with Crippen molar-refractivity contribution in [2.75, 3.05) is 7.11 Å². The second kappa shape index (κ2) is 10.5. The minimum atomic E-state index is -0.729. The van der Waals surface area contributed by atoms with Crippen molar-refractivity contribution in [3.63, 3.8) is 0 Å². The lowest BCUT2D eigenvalue weighted by molar-refractivity contribution is -0.130.